The highest BCUT2D eigenvalue weighted by atomic mass is 14.9. The number of pyridine rings is 1. The van der Waals surface area contributed by atoms with Crippen LogP contribution in [0.5, 0.6) is 0 Å². The summed E-state index contributed by atoms with van der Waals surface area (Å²) in [6.45, 7) is 0. The van der Waals surface area contributed by atoms with Gasteiger partial charge in [0, 0.05) is 38.2 Å². The minimum absolute atomic E-state index is 0.426. The summed E-state index contributed by atoms with van der Waals surface area (Å²) in [5, 5.41) is 4.54. The van der Waals surface area contributed by atoms with Crippen molar-refractivity contribution in [2.75, 3.05) is 0 Å². The van der Waals surface area contributed by atoms with E-state index in [-0.39, 0.29) is 0 Å². The average Bonchev–Trinajstić information content (AvgIpc) is 3.81. The molecule has 13 rings (SSSR count). The molecule has 0 bridgehead atoms. The van der Waals surface area contributed by atoms with Crippen LogP contribution < -0.4 is 0 Å². The van der Waals surface area contributed by atoms with Crippen LogP contribution in [0.4, 0.5) is 0 Å². The number of nitrogens with zero attached hydrogens (tertiary/aromatic N) is 3. The Morgan fingerprint density at radius 1 is 0.295 bits per heavy atom. The van der Waals surface area contributed by atoms with Gasteiger partial charge in [-0.15, -0.1) is 0 Å². The summed E-state index contributed by atoms with van der Waals surface area (Å²) in [7, 11) is 0. The number of hydrogen-bond acceptors (Lipinski definition) is 3. The third kappa shape index (κ3) is 4.83. The van der Waals surface area contributed by atoms with Crippen molar-refractivity contribution in [1.82, 2.24) is 15.0 Å². The van der Waals surface area contributed by atoms with Crippen LogP contribution in [0.2, 0.25) is 0 Å². The molecular formula is C58H35N3. The number of para-hydroxylation sites is 2. The maximum Gasteiger partial charge on any atom is 0.160 e. The first-order valence-electron chi connectivity index (χ1n) is 20.9. The van der Waals surface area contributed by atoms with Gasteiger partial charge in [0.25, 0.3) is 0 Å². The van der Waals surface area contributed by atoms with Crippen molar-refractivity contribution < 1.29 is 0 Å². The van der Waals surface area contributed by atoms with Gasteiger partial charge in [0.05, 0.1) is 27.8 Å². The minimum atomic E-state index is -0.426. The van der Waals surface area contributed by atoms with Crippen LogP contribution >= 0.6 is 0 Å². The van der Waals surface area contributed by atoms with Crippen molar-refractivity contribution in [2.45, 2.75) is 5.41 Å². The molecule has 2 heterocycles. The quantitative estimate of drug-likeness (QED) is 0.167. The number of fused-ring (bicyclic) bond motifs is 15. The highest BCUT2D eigenvalue weighted by molar-refractivity contribution is 6.20. The van der Waals surface area contributed by atoms with Crippen molar-refractivity contribution in [3.8, 4) is 67.3 Å². The summed E-state index contributed by atoms with van der Waals surface area (Å²) >= 11 is 0. The summed E-state index contributed by atoms with van der Waals surface area (Å²) < 4.78 is 0. The Morgan fingerprint density at radius 2 is 0.820 bits per heavy atom. The highest BCUT2D eigenvalue weighted by Gasteiger charge is 2.52. The maximum absolute atomic E-state index is 5.46. The van der Waals surface area contributed by atoms with Gasteiger partial charge in [-0.2, -0.15) is 0 Å². The van der Waals surface area contributed by atoms with Crippen molar-refractivity contribution in [3.05, 3.63) is 235 Å². The second-order valence-corrected chi connectivity index (χ2v) is 16.2. The van der Waals surface area contributed by atoms with E-state index < -0.39 is 5.41 Å². The first kappa shape index (κ1) is 33.9. The summed E-state index contributed by atoms with van der Waals surface area (Å²) in [4.78, 5) is 15.9. The van der Waals surface area contributed by atoms with Crippen molar-refractivity contribution in [1.29, 1.82) is 0 Å². The summed E-state index contributed by atoms with van der Waals surface area (Å²) in [5.41, 5.74) is 19.2. The fourth-order valence-electron chi connectivity index (χ4n) is 10.5. The van der Waals surface area contributed by atoms with E-state index in [4.69, 9.17) is 15.0 Å². The predicted molar refractivity (Wildman–Crippen MR) is 250 cm³/mol. The van der Waals surface area contributed by atoms with Gasteiger partial charge in [0.1, 0.15) is 0 Å². The fraction of sp³-hybridized carbons (Fsp3) is 0.0172. The van der Waals surface area contributed by atoms with Crippen molar-refractivity contribution in [2.24, 2.45) is 0 Å². The van der Waals surface area contributed by atoms with E-state index in [0.29, 0.717) is 5.82 Å². The standard InChI is InChI=1S/C58H35N3/c1-2-15-36(16-3-1)37-29-31-38(32-30-37)55-45-23-8-13-28-52(45)60-57(61-55)40-18-14-17-39(35-40)56-46-33-34-50-54(53(46)44-22-7-12-27-51(44)59-56)43-21-6-11-26-49(43)58(50)47-24-9-4-19-41(47)42-20-5-10-25-48(42)58/h1-35H. The van der Waals surface area contributed by atoms with Gasteiger partial charge < -0.3 is 0 Å². The zero-order valence-corrected chi connectivity index (χ0v) is 33.0. The average molecular weight is 774 g/mol. The van der Waals surface area contributed by atoms with Gasteiger partial charge in [-0.25, -0.2) is 15.0 Å². The molecule has 2 aliphatic carbocycles. The Bertz CT molecular complexity index is 3540. The molecule has 1 spiro atoms. The van der Waals surface area contributed by atoms with Gasteiger partial charge in [0.15, 0.2) is 5.82 Å². The molecule has 0 saturated carbocycles. The van der Waals surface area contributed by atoms with E-state index >= 15 is 0 Å². The van der Waals surface area contributed by atoms with Crippen LogP contribution in [0, 0.1) is 0 Å². The zero-order chi connectivity index (χ0) is 40.1. The topological polar surface area (TPSA) is 38.7 Å². The summed E-state index contributed by atoms with van der Waals surface area (Å²) in [5.74, 6) is 0.683. The lowest BCUT2D eigenvalue weighted by atomic mass is 9.70. The van der Waals surface area contributed by atoms with Crippen LogP contribution in [-0.4, -0.2) is 15.0 Å². The molecule has 2 aromatic heterocycles. The molecule has 282 valence electrons. The van der Waals surface area contributed by atoms with Crippen LogP contribution in [0.15, 0.2) is 212 Å². The molecule has 3 nitrogen and oxygen atoms in total. The monoisotopic (exact) mass is 773 g/mol. The molecule has 0 atom stereocenters. The predicted octanol–water partition coefficient (Wildman–Crippen LogP) is 14.3. The molecule has 9 aromatic carbocycles. The SMILES string of the molecule is c1ccc(-c2ccc(-c3nc(-c4cccc(-c5nc6ccccc6c6c7c(ccc56)C5(c6ccccc6-c6ccccc65)c5ccccc5-7)c4)nc4ccccc34)cc2)cc1. The summed E-state index contributed by atoms with van der Waals surface area (Å²) in [6.07, 6.45) is 0. The first-order valence-corrected chi connectivity index (χ1v) is 20.9. The smallest absolute Gasteiger partial charge is 0.160 e. The first-order chi connectivity index (χ1) is 30.3. The van der Waals surface area contributed by atoms with Gasteiger partial charge in [-0.05, 0) is 73.8 Å². The van der Waals surface area contributed by atoms with Crippen LogP contribution in [0.1, 0.15) is 22.3 Å². The molecule has 0 amide bonds. The molecule has 0 fully saturated rings. The Morgan fingerprint density at radius 3 is 1.56 bits per heavy atom. The second kappa shape index (κ2) is 13.0. The maximum atomic E-state index is 5.46. The van der Waals surface area contributed by atoms with E-state index in [1.54, 1.807) is 0 Å². The van der Waals surface area contributed by atoms with Gasteiger partial charge >= 0.3 is 0 Å². The summed E-state index contributed by atoms with van der Waals surface area (Å²) in [6, 6.07) is 76.5. The van der Waals surface area contributed by atoms with Gasteiger partial charge in [-0.1, -0.05) is 194 Å². The molecule has 0 saturated heterocycles. The lowest BCUT2D eigenvalue weighted by Gasteiger charge is -2.30. The Hall–Kier alpha value is -8.01. The fourth-order valence-corrected chi connectivity index (χ4v) is 10.5. The Labute approximate surface area is 353 Å². The zero-order valence-electron chi connectivity index (χ0n) is 33.0. The number of rotatable bonds is 4. The molecule has 3 heteroatoms. The third-order valence-corrected chi connectivity index (χ3v) is 13.1. The minimum Gasteiger partial charge on any atom is -0.247 e. The lowest BCUT2D eigenvalue weighted by molar-refractivity contribution is 0.794. The van der Waals surface area contributed by atoms with Gasteiger partial charge in [-0.3, -0.25) is 0 Å². The van der Waals surface area contributed by atoms with E-state index in [2.05, 4.69) is 206 Å². The molecule has 0 N–H and O–H groups in total. The molecule has 11 aromatic rings. The third-order valence-electron chi connectivity index (χ3n) is 13.1. The molecule has 61 heavy (non-hydrogen) atoms. The number of benzene rings is 9. The molecular weight excluding hydrogens is 739 g/mol. The van der Waals surface area contributed by atoms with E-state index in [9.17, 15) is 0 Å². The largest absolute Gasteiger partial charge is 0.247 e. The van der Waals surface area contributed by atoms with Crippen LogP contribution in [0.3, 0.4) is 0 Å². The van der Waals surface area contributed by atoms with E-state index in [0.717, 1.165) is 55.3 Å². The second-order valence-electron chi connectivity index (χ2n) is 16.2. The highest BCUT2D eigenvalue weighted by Crippen LogP contribution is 2.64. The molecule has 0 unspecified atom stereocenters. The molecule has 2 aliphatic rings. The van der Waals surface area contributed by atoms with Crippen LogP contribution in [-0.2, 0) is 5.41 Å². The number of aromatic nitrogens is 3. The van der Waals surface area contributed by atoms with E-state index in [1.807, 2.05) is 6.07 Å². The number of hydrogen-bond donors (Lipinski definition) is 0. The van der Waals surface area contributed by atoms with E-state index in [1.165, 1.54) is 61.0 Å². The normalized spacial score (nSPS) is 13.0. The molecule has 0 aliphatic heterocycles. The van der Waals surface area contributed by atoms with Crippen molar-refractivity contribution >= 4 is 32.6 Å². The Kier molecular flexibility index (Phi) is 7.22. The Balaban J connectivity index is 1.02. The van der Waals surface area contributed by atoms with Gasteiger partial charge in [0.2, 0.25) is 0 Å². The molecule has 0 radical (unpaired) electrons. The van der Waals surface area contributed by atoms with Crippen molar-refractivity contribution in [3.63, 3.8) is 0 Å². The van der Waals surface area contributed by atoms with Crippen LogP contribution in [0.25, 0.3) is 99.9 Å². The lowest BCUT2D eigenvalue weighted by Crippen LogP contribution is -2.25.